The third-order valence-corrected chi connectivity index (χ3v) is 3.47. The maximum absolute atomic E-state index is 12.9. The van der Waals surface area contributed by atoms with Crippen molar-refractivity contribution in [2.75, 3.05) is 12.8 Å². The summed E-state index contributed by atoms with van der Waals surface area (Å²) < 4.78 is 44.3. The van der Waals surface area contributed by atoms with Crippen LogP contribution in [0.2, 0.25) is 0 Å². The van der Waals surface area contributed by atoms with Gasteiger partial charge in [0, 0.05) is 15.7 Å². The average molecular weight is 335 g/mol. The zero-order valence-corrected chi connectivity index (χ0v) is 11.7. The van der Waals surface area contributed by atoms with Gasteiger partial charge in [-0.25, -0.2) is 4.98 Å². The van der Waals surface area contributed by atoms with E-state index in [1.807, 2.05) is 0 Å². The Morgan fingerprint density at radius 3 is 2.47 bits per heavy atom. The van der Waals surface area contributed by atoms with Crippen molar-refractivity contribution in [3.63, 3.8) is 0 Å². The van der Waals surface area contributed by atoms with E-state index in [0.29, 0.717) is 15.6 Å². The maximum Gasteiger partial charge on any atom is 0.433 e. The van der Waals surface area contributed by atoms with Crippen molar-refractivity contribution >= 4 is 32.5 Å². The number of nitrogens with zero attached hydrogens (tertiary/aromatic N) is 1. The number of aromatic nitrogens is 1. The van der Waals surface area contributed by atoms with Crippen molar-refractivity contribution < 1.29 is 17.9 Å². The van der Waals surface area contributed by atoms with E-state index in [2.05, 4.69) is 20.9 Å². The van der Waals surface area contributed by atoms with Crippen molar-refractivity contribution in [1.29, 1.82) is 0 Å². The van der Waals surface area contributed by atoms with Crippen LogP contribution in [0.5, 0.6) is 5.75 Å². The summed E-state index contributed by atoms with van der Waals surface area (Å²) in [5, 5.41) is 0.377. The van der Waals surface area contributed by atoms with Crippen LogP contribution in [-0.4, -0.2) is 12.1 Å². The molecule has 0 radical (unpaired) electrons. The quantitative estimate of drug-likeness (QED) is 0.859. The molecule has 0 bridgehead atoms. The Hall–Kier alpha value is -1.50. The van der Waals surface area contributed by atoms with Crippen molar-refractivity contribution in [3.8, 4) is 5.75 Å². The van der Waals surface area contributed by atoms with Gasteiger partial charge in [-0.1, -0.05) is 0 Å². The van der Waals surface area contributed by atoms with Crippen LogP contribution in [0.1, 0.15) is 11.3 Å². The van der Waals surface area contributed by atoms with E-state index < -0.39 is 11.9 Å². The summed E-state index contributed by atoms with van der Waals surface area (Å²) >= 11 is 3.18. The zero-order valence-electron chi connectivity index (χ0n) is 10.1. The summed E-state index contributed by atoms with van der Waals surface area (Å²) in [6, 6.07) is 3.19. The maximum atomic E-state index is 12.9. The fourth-order valence-corrected chi connectivity index (χ4v) is 2.29. The van der Waals surface area contributed by atoms with Gasteiger partial charge in [0.25, 0.3) is 0 Å². The van der Waals surface area contributed by atoms with Crippen LogP contribution in [0.4, 0.5) is 18.9 Å². The molecule has 19 heavy (non-hydrogen) atoms. The SMILES string of the molecule is COc1ccc(Br)c2nc(C(F)(F)F)c(C)c(N)c12. The predicted octanol–water partition coefficient (Wildman–Crippen LogP) is 3.92. The fourth-order valence-electron chi connectivity index (χ4n) is 1.87. The first-order valence-electron chi connectivity index (χ1n) is 5.26. The van der Waals surface area contributed by atoms with Crippen molar-refractivity contribution in [2.45, 2.75) is 13.1 Å². The molecule has 0 unspecified atom stereocenters. The number of ether oxygens (including phenoxy) is 1. The molecule has 0 fully saturated rings. The first kappa shape index (κ1) is 13.9. The molecule has 1 aromatic carbocycles. The molecule has 0 saturated heterocycles. The van der Waals surface area contributed by atoms with E-state index in [1.54, 1.807) is 12.1 Å². The Kier molecular flexibility index (Phi) is 3.34. The van der Waals surface area contributed by atoms with Gasteiger partial charge in [-0.15, -0.1) is 0 Å². The summed E-state index contributed by atoms with van der Waals surface area (Å²) in [6.45, 7) is 1.30. The predicted molar refractivity (Wildman–Crippen MR) is 70.1 cm³/mol. The number of methoxy groups -OCH3 is 1. The second-order valence-corrected chi connectivity index (χ2v) is 4.82. The van der Waals surface area contributed by atoms with Gasteiger partial charge < -0.3 is 10.5 Å². The van der Waals surface area contributed by atoms with Crippen molar-refractivity contribution in [1.82, 2.24) is 4.98 Å². The lowest BCUT2D eigenvalue weighted by Crippen LogP contribution is -2.13. The number of halogens is 4. The fraction of sp³-hybridized carbons (Fsp3) is 0.250. The van der Waals surface area contributed by atoms with E-state index in [0.717, 1.165) is 0 Å². The molecule has 3 nitrogen and oxygen atoms in total. The molecule has 2 N–H and O–H groups in total. The lowest BCUT2D eigenvalue weighted by molar-refractivity contribution is -0.141. The van der Waals surface area contributed by atoms with E-state index in [1.165, 1.54) is 14.0 Å². The molecular weight excluding hydrogens is 325 g/mol. The second kappa shape index (κ2) is 4.56. The molecule has 1 heterocycles. The molecule has 2 rings (SSSR count). The van der Waals surface area contributed by atoms with Crippen LogP contribution in [0.3, 0.4) is 0 Å². The monoisotopic (exact) mass is 334 g/mol. The normalized spacial score (nSPS) is 11.9. The number of fused-ring (bicyclic) bond motifs is 1. The van der Waals surface area contributed by atoms with Crippen LogP contribution in [0.25, 0.3) is 10.9 Å². The van der Waals surface area contributed by atoms with Gasteiger partial charge in [-0.3, -0.25) is 0 Å². The smallest absolute Gasteiger partial charge is 0.433 e. The highest BCUT2D eigenvalue weighted by Gasteiger charge is 2.36. The van der Waals surface area contributed by atoms with E-state index in [9.17, 15) is 13.2 Å². The third-order valence-electron chi connectivity index (χ3n) is 2.83. The first-order chi connectivity index (χ1) is 8.77. The molecule has 0 saturated carbocycles. The standard InChI is InChI=1S/C12H10BrF3N2O/c1-5-9(17)8-7(19-2)4-3-6(13)10(8)18-11(5)12(14,15)16/h3-4H,1-2H3,(H2,17,18). The third kappa shape index (κ3) is 2.22. The Balaban J connectivity index is 2.96. The van der Waals surface area contributed by atoms with Gasteiger partial charge in [0.05, 0.1) is 18.0 Å². The van der Waals surface area contributed by atoms with Crippen LogP contribution >= 0.6 is 15.9 Å². The van der Waals surface area contributed by atoms with Gasteiger partial charge in [-0.05, 0) is 35.0 Å². The second-order valence-electron chi connectivity index (χ2n) is 3.97. The minimum absolute atomic E-state index is 0.0236. The topological polar surface area (TPSA) is 48.1 Å². The Morgan fingerprint density at radius 2 is 1.95 bits per heavy atom. The molecule has 0 aliphatic rings. The molecule has 0 atom stereocenters. The number of hydrogen-bond acceptors (Lipinski definition) is 3. The van der Waals surface area contributed by atoms with Gasteiger partial charge >= 0.3 is 6.18 Å². The Bertz CT molecular complexity index is 656. The highest BCUT2D eigenvalue weighted by atomic mass is 79.9. The van der Waals surface area contributed by atoms with Gasteiger partial charge in [-0.2, -0.15) is 13.2 Å². The molecule has 7 heteroatoms. The summed E-state index contributed by atoms with van der Waals surface area (Å²) in [7, 11) is 1.43. The van der Waals surface area contributed by atoms with Crippen molar-refractivity contribution in [2.24, 2.45) is 0 Å². The lowest BCUT2D eigenvalue weighted by Gasteiger charge is -2.16. The van der Waals surface area contributed by atoms with E-state index >= 15 is 0 Å². The number of anilines is 1. The summed E-state index contributed by atoms with van der Waals surface area (Å²) in [5.41, 5.74) is 4.90. The minimum atomic E-state index is -4.55. The number of pyridine rings is 1. The average Bonchev–Trinajstić information content (AvgIpc) is 2.32. The lowest BCUT2D eigenvalue weighted by atomic mass is 10.1. The van der Waals surface area contributed by atoms with Gasteiger partial charge in [0.1, 0.15) is 11.4 Å². The molecule has 2 aromatic rings. The molecule has 0 amide bonds. The zero-order chi connectivity index (χ0) is 14.4. The summed E-state index contributed by atoms with van der Waals surface area (Å²) in [6.07, 6.45) is -4.55. The number of hydrogen-bond donors (Lipinski definition) is 1. The number of nitrogens with two attached hydrogens (primary N) is 1. The molecule has 1 aromatic heterocycles. The Labute approximate surface area is 115 Å². The molecule has 0 aliphatic carbocycles. The Morgan fingerprint density at radius 1 is 1.32 bits per heavy atom. The van der Waals surface area contributed by atoms with Gasteiger partial charge in [0.15, 0.2) is 0 Å². The molecule has 0 aliphatic heterocycles. The number of nitrogen functional groups attached to an aromatic ring is 1. The van der Waals surface area contributed by atoms with Crippen molar-refractivity contribution in [3.05, 3.63) is 27.9 Å². The van der Waals surface area contributed by atoms with Gasteiger partial charge in [0.2, 0.25) is 0 Å². The van der Waals surface area contributed by atoms with Crippen LogP contribution in [0.15, 0.2) is 16.6 Å². The summed E-state index contributed by atoms with van der Waals surface area (Å²) in [4.78, 5) is 3.68. The molecule has 102 valence electrons. The number of benzene rings is 1. The summed E-state index contributed by atoms with van der Waals surface area (Å²) in [5.74, 6) is 0.389. The first-order valence-corrected chi connectivity index (χ1v) is 6.06. The van der Waals surface area contributed by atoms with E-state index in [4.69, 9.17) is 10.5 Å². The van der Waals surface area contributed by atoms with Crippen LogP contribution < -0.4 is 10.5 Å². The number of rotatable bonds is 1. The highest BCUT2D eigenvalue weighted by Crippen LogP contribution is 2.40. The molecule has 0 spiro atoms. The highest BCUT2D eigenvalue weighted by molar-refractivity contribution is 9.10. The minimum Gasteiger partial charge on any atom is -0.496 e. The van der Waals surface area contributed by atoms with Crippen LogP contribution in [0, 0.1) is 6.92 Å². The van der Waals surface area contributed by atoms with Crippen LogP contribution in [-0.2, 0) is 6.18 Å². The number of alkyl halides is 3. The largest absolute Gasteiger partial charge is 0.496 e. The molecular formula is C12H10BrF3N2O. The van der Waals surface area contributed by atoms with E-state index in [-0.39, 0.29) is 16.8 Å².